The van der Waals surface area contributed by atoms with Crippen molar-refractivity contribution in [3.63, 3.8) is 0 Å². The van der Waals surface area contributed by atoms with E-state index in [1.807, 2.05) is 0 Å². The summed E-state index contributed by atoms with van der Waals surface area (Å²) in [5.41, 5.74) is 4.89. The van der Waals surface area contributed by atoms with Gasteiger partial charge >= 0.3 is 29.9 Å². The highest BCUT2D eigenvalue weighted by atomic mass is 35.5. The minimum atomic E-state index is -6.99. The third-order valence-electron chi connectivity index (χ3n) is 2.72. The molecular weight excluding hydrogens is 401 g/mol. The number of esters is 1. The lowest BCUT2D eigenvalue weighted by atomic mass is 10.0. The van der Waals surface area contributed by atoms with Crippen molar-refractivity contribution in [2.75, 3.05) is 13.2 Å². The largest absolute Gasteiger partial charge is 0.465 e. The van der Waals surface area contributed by atoms with Gasteiger partial charge in [-0.15, -0.1) is 12.4 Å². The molecule has 0 rings (SSSR count). The summed E-state index contributed by atoms with van der Waals surface area (Å²) >= 11 is 0. The highest BCUT2D eigenvalue weighted by Gasteiger charge is 2.81. The minimum Gasteiger partial charge on any atom is -0.465 e. The molecular formula is C11H13ClF9NO3. The topological polar surface area (TPSA) is 69.4 Å². The molecule has 0 amide bonds. The maximum absolute atomic E-state index is 13.1. The molecule has 25 heavy (non-hydrogen) atoms. The summed E-state index contributed by atoms with van der Waals surface area (Å²) in [6.07, 6.45) is -10.3. The number of ether oxygens (including phenoxy) is 1. The molecule has 0 aromatic carbocycles. The zero-order valence-corrected chi connectivity index (χ0v) is 13.0. The molecule has 0 aromatic heterocycles. The number of hydrogen-bond acceptors (Lipinski definition) is 4. The van der Waals surface area contributed by atoms with E-state index < -0.39 is 68.1 Å². The molecule has 150 valence electrons. The molecule has 0 bridgehead atoms. The van der Waals surface area contributed by atoms with Gasteiger partial charge in [-0.3, -0.25) is 9.59 Å². The van der Waals surface area contributed by atoms with Crippen LogP contribution >= 0.6 is 12.4 Å². The Balaban J connectivity index is 0. The molecule has 0 aliphatic carbocycles. The van der Waals surface area contributed by atoms with Crippen molar-refractivity contribution in [2.45, 2.75) is 43.2 Å². The van der Waals surface area contributed by atoms with E-state index in [4.69, 9.17) is 5.73 Å². The van der Waals surface area contributed by atoms with Crippen molar-refractivity contribution < 1.29 is 53.8 Å². The van der Waals surface area contributed by atoms with Gasteiger partial charge in [0.2, 0.25) is 0 Å². The van der Waals surface area contributed by atoms with Crippen molar-refractivity contribution in [2.24, 2.45) is 5.73 Å². The lowest BCUT2D eigenvalue weighted by Gasteiger charge is -2.33. The van der Waals surface area contributed by atoms with Gasteiger partial charge in [-0.25, -0.2) is 0 Å². The van der Waals surface area contributed by atoms with E-state index in [9.17, 15) is 49.1 Å². The maximum Gasteiger partial charge on any atom is 0.460 e. The summed E-state index contributed by atoms with van der Waals surface area (Å²) in [5, 5.41) is 0. The van der Waals surface area contributed by atoms with Crippen molar-refractivity contribution in [1.82, 2.24) is 0 Å². The molecule has 0 saturated heterocycles. The highest BCUT2D eigenvalue weighted by molar-refractivity contribution is 5.85. The van der Waals surface area contributed by atoms with Crippen LogP contribution in [-0.4, -0.2) is 48.8 Å². The third-order valence-corrected chi connectivity index (χ3v) is 2.72. The van der Waals surface area contributed by atoms with Crippen molar-refractivity contribution in [3.8, 4) is 0 Å². The Kier molecular flexibility index (Phi) is 9.27. The molecule has 0 heterocycles. The summed E-state index contributed by atoms with van der Waals surface area (Å²) in [5.74, 6) is -21.5. The number of hydrogen-bond donors (Lipinski definition) is 1. The van der Waals surface area contributed by atoms with E-state index in [1.165, 1.54) is 0 Å². The van der Waals surface area contributed by atoms with E-state index in [2.05, 4.69) is 4.74 Å². The fourth-order valence-corrected chi connectivity index (χ4v) is 1.27. The average molecular weight is 414 g/mol. The first-order valence-electron chi connectivity index (χ1n) is 6.17. The lowest BCUT2D eigenvalue weighted by Crippen LogP contribution is -2.61. The number of ketones is 1. The molecule has 0 unspecified atom stereocenters. The second-order valence-electron chi connectivity index (χ2n) is 4.56. The van der Waals surface area contributed by atoms with E-state index >= 15 is 0 Å². The van der Waals surface area contributed by atoms with E-state index in [0.717, 1.165) is 0 Å². The van der Waals surface area contributed by atoms with Crippen LogP contribution in [0.5, 0.6) is 0 Å². The SMILES string of the molecule is Cl.NCC(=O)CCC(=O)OCCC(F)(F)C(F)(F)C(F)(F)C(F)(F)F. The number of carbonyl (C=O) groups excluding carboxylic acids is 2. The first kappa shape index (κ1) is 26.0. The van der Waals surface area contributed by atoms with E-state index in [0.29, 0.717) is 0 Å². The Bertz CT molecular complexity index is 468. The quantitative estimate of drug-likeness (QED) is 0.466. The molecule has 0 atom stereocenters. The molecule has 0 saturated carbocycles. The van der Waals surface area contributed by atoms with Gasteiger partial charge in [0.15, 0.2) is 0 Å². The number of Topliss-reactive ketones (excluding diaryl/α,β-unsaturated/α-hetero) is 1. The second kappa shape index (κ2) is 8.92. The fraction of sp³-hybridized carbons (Fsp3) is 0.818. The molecule has 2 N–H and O–H groups in total. The smallest absolute Gasteiger partial charge is 0.460 e. The van der Waals surface area contributed by atoms with E-state index in [1.54, 1.807) is 0 Å². The van der Waals surface area contributed by atoms with Gasteiger partial charge in [0, 0.05) is 6.42 Å². The normalized spacial score (nSPS) is 13.2. The van der Waals surface area contributed by atoms with Gasteiger partial charge in [0.1, 0.15) is 5.78 Å². The standard InChI is InChI=1S/C11H12F9NO3.ClH/c12-8(13,9(14,15)10(16,17)11(18,19)20)3-4-24-7(23)2-1-6(22)5-21;/h1-5,21H2;1H. The van der Waals surface area contributed by atoms with Gasteiger partial charge in [0.05, 0.1) is 26.0 Å². The van der Waals surface area contributed by atoms with Crippen LogP contribution in [0.2, 0.25) is 0 Å². The van der Waals surface area contributed by atoms with Gasteiger partial charge in [-0.2, -0.15) is 39.5 Å². The van der Waals surface area contributed by atoms with Crippen molar-refractivity contribution in [3.05, 3.63) is 0 Å². The molecule has 14 heteroatoms. The van der Waals surface area contributed by atoms with Crippen molar-refractivity contribution in [1.29, 1.82) is 0 Å². The molecule has 0 radical (unpaired) electrons. The monoisotopic (exact) mass is 413 g/mol. The Labute approximate surface area is 141 Å². The maximum atomic E-state index is 13.1. The van der Waals surface area contributed by atoms with Gasteiger partial charge in [0.25, 0.3) is 0 Å². The third kappa shape index (κ3) is 6.20. The molecule has 0 aromatic rings. The minimum absolute atomic E-state index is 0. The Morgan fingerprint density at radius 1 is 0.840 bits per heavy atom. The summed E-state index contributed by atoms with van der Waals surface area (Å²) in [4.78, 5) is 21.7. The summed E-state index contributed by atoms with van der Waals surface area (Å²) in [7, 11) is 0. The highest BCUT2D eigenvalue weighted by Crippen LogP contribution is 2.53. The first-order chi connectivity index (χ1) is 10.6. The molecule has 0 aliphatic heterocycles. The fourth-order valence-electron chi connectivity index (χ4n) is 1.27. The molecule has 0 aliphatic rings. The molecule has 0 fully saturated rings. The number of carbonyl (C=O) groups is 2. The number of nitrogens with two attached hydrogens (primary N) is 1. The summed E-state index contributed by atoms with van der Waals surface area (Å²) in [6, 6.07) is 0. The van der Waals surface area contributed by atoms with Crippen LogP contribution in [0.25, 0.3) is 0 Å². The Morgan fingerprint density at radius 3 is 1.72 bits per heavy atom. The number of halogens is 10. The average Bonchev–Trinajstić information content (AvgIpc) is 2.42. The van der Waals surface area contributed by atoms with Crippen LogP contribution in [0, 0.1) is 0 Å². The molecule has 0 spiro atoms. The first-order valence-corrected chi connectivity index (χ1v) is 6.17. The summed E-state index contributed by atoms with van der Waals surface area (Å²) < 4.78 is 116. The van der Waals surface area contributed by atoms with Crippen LogP contribution in [0.4, 0.5) is 39.5 Å². The van der Waals surface area contributed by atoms with E-state index in [-0.39, 0.29) is 12.4 Å². The predicted octanol–water partition coefficient (Wildman–Crippen LogP) is 3.12. The molecule has 4 nitrogen and oxygen atoms in total. The number of alkyl halides is 9. The van der Waals surface area contributed by atoms with Gasteiger partial charge in [-0.1, -0.05) is 0 Å². The zero-order chi connectivity index (χ0) is 19.4. The van der Waals surface area contributed by atoms with Gasteiger partial charge < -0.3 is 10.5 Å². The zero-order valence-electron chi connectivity index (χ0n) is 12.1. The van der Waals surface area contributed by atoms with Crippen LogP contribution in [0.15, 0.2) is 0 Å². The number of rotatable bonds is 9. The van der Waals surface area contributed by atoms with Crippen molar-refractivity contribution >= 4 is 24.2 Å². The van der Waals surface area contributed by atoms with Crippen LogP contribution in [-0.2, 0) is 14.3 Å². The van der Waals surface area contributed by atoms with Crippen LogP contribution in [0.1, 0.15) is 19.3 Å². The Hall–Kier alpha value is -1.24. The second-order valence-corrected chi connectivity index (χ2v) is 4.56. The van der Waals surface area contributed by atoms with Crippen LogP contribution in [0.3, 0.4) is 0 Å². The van der Waals surface area contributed by atoms with Crippen LogP contribution < -0.4 is 5.73 Å². The van der Waals surface area contributed by atoms with Gasteiger partial charge in [-0.05, 0) is 0 Å². The lowest BCUT2D eigenvalue weighted by molar-refractivity contribution is -0.397. The Morgan fingerprint density at radius 2 is 1.32 bits per heavy atom. The predicted molar refractivity (Wildman–Crippen MR) is 67.0 cm³/mol. The summed E-state index contributed by atoms with van der Waals surface area (Å²) in [6.45, 7) is -1.98.